The fraction of sp³-hybridized carbons (Fsp3) is 0.500. The Morgan fingerprint density at radius 1 is 1.33 bits per heavy atom. The fourth-order valence-corrected chi connectivity index (χ4v) is 3.60. The molecular weight excluding hydrogens is 326 g/mol. The predicted molar refractivity (Wildman–Crippen MR) is 91.5 cm³/mol. The second kappa shape index (κ2) is 7.31. The van der Waals surface area contributed by atoms with Crippen molar-refractivity contribution in [2.24, 2.45) is 7.05 Å². The Morgan fingerprint density at radius 2 is 2.08 bits per heavy atom. The van der Waals surface area contributed by atoms with Crippen molar-refractivity contribution in [2.45, 2.75) is 31.2 Å². The first kappa shape index (κ1) is 16.9. The van der Waals surface area contributed by atoms with Crippen LogP contribution >= 0.6 is 11.8 Å². The van der Waals surface area contributed by atoms with Crippen LogP contribution in [0.25, 0.3) is 11.4 Å². The summed E-state index contributed by atoms with van der Waals surface area (Å²) in [5.74, 6) is 1.19. The highest BCUT2D eigenvalue weighted by atomic mass is 32.2. The number of amides is 1. The monoisotopic (exact) mass is 347 g/mol. The molecule has 0 bridgehead atoms. The van der Waals surface area contributed by atoms with Gasteiger partial charge in [-0.25, -0.2) is 0 Å². The summed E-state index contributed by atoms with van der Waals surface area (Å²) in [5, 5.41) is 9.12. The lowest BCUT2D eigenvalue weighted by Gasteiger charge is -2.35. The van der Waals surface area contributed by atoms with Gasteiger partial charge in [0.15, 0.2) is 11.0 Å². The molecule has 1 fully saturated rings. The topological polar surface area (TPSA) is 73.1 Å². The van der Waals surface area contributed by atoms with Crippen molar-refractivity contribution in [1.82, 2.24) is 24.6 Å². The molecule has 0 unspecified atom stereocenters. The van der Waals surface area contributed by atoms with E-state index in [1.54, 1.807) is 12.4 Å². The van der Waals surface area contributed by atoms with Gasteiger partial charge >= 0.3 is 0 Å². The van der Waals surface area contributed by atoms with E-state index < -0.39 is 0 Å². The molecule has 3 rings (SSSR count). The van der Waals surface area contributed by atoms with Gasteiger partial charge in [0.1, 0.15) is 0 Å². The molecule has 0 aliphatic carbocycles. The lowest BCUT2D eigenvalue weighted by molar-refractivity contribution is -0.140. The summed E-state index contributed by atoms with van der Waals surface area (Å²) in [6.07, 6.45) is 3.63. The average molecular weight is 347 g/mol. The van der Waals surface area contributed by atoms with Gasteiger partial charge in [0.2, 0.25) is 5.91 Å². The molecule has 2 atom stereocenters. The molecule has 1 aliphatic heterocycles. The Balaban J connectivity index is 1.63. The Morgan fingerprint density at radius 3 is 2.75 bits per heavy atom. The van der Waals surface area contributed by atoms with Crippen LogP contribution in [0.15, 0.2) is 29.7 Å². The summed E-state index contributed by atoms with van der Waals surface area (Å²) in [6, 6.07) is 3.80. The number of thioether (sulfide) groups is 1. The number of hydrogen-bond acceptors (Lipinski definition) is 6. The summed E-state index contributed by atoms with van der Waals surface area (Å²) in [4.78, 5) is 18.4. The maximum atomic E-state index is 12.4. The molecule has 2 aromatic heterocycles. The molecule has 7 nitrogen and oxygen atoms in total. The van der Waals surface area contributed by atoms with Crippen LogP contribution in [0.4, 0.5) is 0 Å². The van der Waals surface area contributed by atoms with Crippen molar-refractivity contribution in [3.63, 3.8) is 0 Å². The lowest BCUT2D eigenvalue weighted by atomic mass is 10.2. The van der Waals surface area contributed by atoms with E-state index in [0.29, 0.717) is 18.8 Å². The van der Waals surface area contributed by atoms with Crippen LogP contribution in [0.2, 0.25) is 0 Å². The first-order chi connectivity index (χ1) is 11.5. The highest BCUT2D eigenvalue weighted by Crippen LogP contribution is 2.22. The van der Waals surface area contributed by atoms with Crippen LogP contribution in [0.3, 0.4) is 0 Å². The minimum atomic E-state index is 0.0784. The molecule has 0 aromatic carbocycles. The van der Waals surface area contributed by atoms with Crippen LogP contribution in [-0.2, 0) is 16.6 Å². The summed E-state index contributed by atoms with van der Waals surface area (Å²) >= 11 is 1.40. The number of ether oxygens (including phenoxy) is 1. The Kier molecular flexibility index (Phi) is 5.15. The van der Waals surface area contributed by atoms with Gasteiger partial charge < -0.3 is 14.2 Å². The Hall–Kier alpha value is -1.93. The highest BCUT2D eigenvalue weighted by Gasteiger charge is 2.26. The van der Waals surface area contributed by atoms with Crippen molar-refractivity contribution < 1.29 is 9.53 Å². The van der Waals surface area contributed by atoms with Gasteiger partial charge in [-0.1, -0.05) is 11.8 Å². The average Bonchev–Trinajstić information content (AvgIpc) is 2.93. The molecule has 2 aromatic rings. The van der Waals surface area contributed by atoms with E-state index in [1.807, 2.05) is 42.5 Å². The molecule has 8 heteroatoms. The number of nitrogens with zero attached hydrogens (tertiary/aromatic N) is 5. The van der Waals surface area contributed by atoms with Gasteiger partial charge in [-0.05, 0) is 26.0 Å². The van der Waals surface area contributed by atoms with Crippen molar-refractivity contribution in [2.75, 3.05) is 18.8 Å². The van der Waals surface area contributed by atoms with E-state index in [2.05, 4.69) is 15.2 Å². The Labute approximate surface area is 145 Å². The third kappa shape index (κ3) is 3.76. The van der Waals surface area contributed by atoms with E-state index >= 15 is 0 Å². The first-order valence-electron chi connectivity index (χ1n) is 7.90. The molecule has 0 radical (unpaired) electrons. The molecule has 24 heavy (non-hydrogen) atoms. The summed E-state index contributed by atoms with van der Waals surface area (Å²) in [5.41, 5.74) is 0.904. The van der Waals surface area contributed by atoms with E-state index in [0.717, 1.165) is 16.5 Å². The largest absolute Gasteiger partial charge is 0.372 e. The van der Waals surface area contributed by atoms with Gasteiger partial charge in [-0.15, -0.1) is 10.2 Å². The van der Waals surface area contributed by atoms with E-state index in [1.165, 1.54) is 11.8 Å². The number of aromatic nitrogens is 4. The standard InChI is InChI=1S/C16H21N5O2S/c1-11-8-21(9-12(2)23-11)14(22)10-24-16-19-18-15(20(16)3)13-5-4-6-17-7-13/h4-7,11-12H,8-10H2,1-3H3/t11-,12-/m1/s1. The van der Waals surface area contributed by atoms with Crippen molar-refractivity contribution in [3.05, 3.63) is 24.5 Å². The van der Waals surface area contributed by atoms with Gasteiger partial charge in [0.25, 0.3) is 0 Å². The quantitative estimate of drug-likeness (QED) is 0.782. The van der Waals surface area contributed by atoms with Crippen molar-refractivity contribution in [3.8, 4) is 11.4 Å². The molecule has 128 valence electrons. The minimum absolute atomic E-state index is 0.0784. The molecular formula is C16H21N5O2S. The molecule has 1 saturated heterocycles. The molecule has 1 amide bonds. The summed E-state index contributed by atoms with van der Waals surface area (Å²) in [7, 11) is 1.90. The van der Waals surface area contributed by atoms with Crippen LogP contribution in [-0.4, -0.2) is 61.6 Å². The number of hydrogen-bond donors (Lipinski definition) is 0. The Bertz CT molecular complexity index is 696. The number of carbonyl (C=O) groups excluding carboxylic acids is 1. The number of pyridine rings is 1. The zero-order valence-electron chi connectivity index (χ0n) is 14.0. The van der Waals surface area contributed by atoms with E-state index in [9.17, 15) is 4.79 Å². The second-order valence-electron chi connectivity index (χ2n) is 5.95. The first-order valence-corrected chi connectivity index (χ1v) is 8.89. The normalized spacial score (nSPS) is 21.0. The minimum Gasteiger partial charge on any atom is -0.372 e. The van der Waals surface area contributed by atoms with Crippen LogP contribution in [0.5, 0.6) is 0 Å². The highest BCUT2D eigenvalue weighted by molar-refractivity contribution is 7.99. The summed E-state index contributed by atoms with van der Waals surface area (Å²) in [6.45, 7) is 5.27. The smallest absolute Gasteiger partial charge is 0.233 e. The molecule has 0 N–H and O–H groups in total. The third-order valence-corrected chi connectivity index (χ3v) is 4.86. The van der Waals surface area contributed by atoms with Gasteiger partial charge in [0, 0.05) is 38.1 Å². The van der Waals surface area contributed by atoms with E-state index in [4.69, 9.17) is 4.74 Å². The zero-order chi connectivity index (χ0) is 17.1. The number of carbonyl (C=O) groups is 1. The fourth-order valence-electron chi connectivity index (χ4n) is 2.79. The maximum Gasteiger partial charge on any atom is 0.233 e. The molecule has 0 saturated carbocycles. The summed E-state index contributed by atoms with van der Waals surface area (Å²) < 4.78 is 7.56. The van der Waals surface area contributed by atoms with Gasteiger partial charge in [-0.3, -0.25) is 9.78 Å². The van der Waals surface area contributed by atoms with Gasteiger partial charge in [-0.2, -0.15) is 0 Å². The van der Waals surface area contributed by atoms with Crippen LogP contribution < -0.4 is 0 Å². The van der Waals surface area contributed by atoms with Crippen LogP contribution in [0.1, 0.15) is 13.8 Å². The maximum absolute atomic E-state index is 12.4. The SMILES string of the molecule is C[C@@H]1CN(C(=O)CSc2nnc(-c3cccnc3)n2C)C[C@@H](C)O1. The second-order valence-corrected chi connectivity index (χ2v) is 6.89. The molecule has 3 heterocycles. The zero-order valence-corrected chi connectivity index (χ0v) is 14.9. The third-order valence-electron chi connectivity index (χ3n) is 3.85. The van der Waals surface area contributed by atoms with Crippen LogP contribution in [0, 0.1) is 0 Å². The molecule has 0 spiro atoms. The lowest BCUT2D eigenvalue weighted by Crippen LogP contribution is -2.48. The predicted octanol–water partition coefficient (Wildman–Crippen LogP) is 1.60. The van der Waals surface area contributed by atoms with Crippen molar-refractivity contribution >= 4 is 17.7 Å². The molecule has 1 aliphatic rings. The number of rotatable bonds is 4. The van der Waals surface area contributed by atoms with Crippen molar-refractivity contribution in [1.29, 1.82) is 0 Å². The number of morpholine rings is 1. The van der Waals surface area contributed by atoms with Gasteiger partial charge in [0.05, 0.1) is 18.0 Å². The van der Waals surface area contributed by atoms with E-state index in [-0.39, 0.29) is 18.1 Å².